The molecule has 0 fully saturated rings. The van der Waals surface area contributed by atoms with E-state index in [4.69, 9.17) is 11.6 Å². The number of alkyl halides is 1. The van der Waals surface area contributed by atoms with Gasteiger partial charge in [-0.3, -0.25) is 0 Å². The molecule has 0 atom stereocenters. The Morgan fingerprint density at radius 3 is 2.68 bits per heavy atom. The summed E-state index contributed by atoms with van der Waals surface area (Å²) in [5.41, 5.74) is 3.37. The van der Waals surface area contributed by atoms with Crippen LogP contribution in [-0.4, -0.2) is 9.97 Å². The van der Waals surface area contributed by atoms with Gasteiger partial charge in [-0.15, -0.1) is 0 Å². The lowest BCUT2D eigenvalue weighted by Crippen LogP contribution is -2.04. The van der Waals surface area contributed by atoms with Crippen LogP contribution in [0.3, 0.4) is 0 Å². The number of hydrogen-bond donors (Lipinski definition) is 0. The highest BCUT2D eigenvalue weighted by Crippen LogP contribution is 2.19. The highest BCUT2D eigenvalue weighted by atomic mass is 79.9. The molecule has 0 amide bonds. The molecular formula is C15H16BrClN2. The molecule has 0 unspecified atom stereocenters. The van der Waals surface area contributed by atoms with Gasteiger partial charge in [0.1, 0.15) is 5.82 Å². The van der Waals surface area contributed by atoms with Crippen LogP contribution in [0.5, 0.6) is 0 Å². The Balaban J connectivity index is 2.26. The van der Waals surface area contributed by atoms with Gasteiger partial charge in [0.2, 0.25) is 0 Å². The van der Waals surface area contributed by atoms with Gasteiger partial charge in [-0.2, -0.15) is 0 Å². The van der Waals surface area contributed by atoms with Gasteiger partial charge in [0, 0.05) is 34.2 Å². The molecule has 0 N–H and O–H groups in total. The highest BCUT2D eigenvalue weighted by Gasteiger charge is 2.08. The molecule has 0 bridgehead atoms. The highest BCUT2D eigenvalue weighted by molar-refractivity contribution is 9.08. The van der Waals surface area contributed by atoms with Crippen LogP contribution < -0.4 is 0 Å². The first-order valence-electron chi connectivity index (χ1n) is 6.37. The van der Waals surface area contributed by atoms with Crippen molar-refractivity contribution >= 4 is 27.5 Å². The molecule has 4 heteroatoms. The summed E-state index contributed by atoms with van der Waals surface area (Å²) in [4.78, 5) is 9.10. The van der Waals surface area contributed by atoms with Crippen molar-refractivity contribution in [1.82, 2.24) is 9.97 Å². The number of benzene rings is 1. The molecule has 19 heavy (non-hydrogen) atoms. The summed E-state index contributed by atoms with van der Waals surface area (Å²) in [6.45, 7) is 2.16. The number of rotatable bonds is 5. The van der Waals surface area contributed by atoms with E-state index in [1.807, 2.05) is 30.5 Å². The fraction of sp³-hybridized carbons (Fsp3) is 0.333. The quantitative estimate of drug-likeness (QED) is 0.746. The first-order chi connectivity index (χ1) is 9.24. The smallest absolute Gasteiger partial charge is 0.132 e. The minimum absolute atomic E-state index is 0.680. The fourth-order valence-electron chi connectivity index (χ4n) is 1.95. The molecule has 1 aromatic heterocycles. The van der Waals surface area contributed by atoms with E-state index < -0.39 is 0 Å². The van der Waals surface area contributed by atoms with Crippen molar-refractivity contribution in [2.45, 2.75) is 31.5 Å². The van der Waals surface area contributed by atoms with E-state index in [0.29, 0.717) is 6.42 Å². The van der Waals surface area contributed by atoms with Gasteiger partial charge in [0.25, 0.3) is 0 Å². The third-order valence-electron chi connectivity index (χ3n) is 2.94. The molecule has 0 saturated carbocycles. The van der Waals surface area contributed by atoms with E-state index in [-0.39, 0.29) is 0 Å². The van der Waals surface area contributed by atoms with Crippen LogP contribution in [0.4, 0.5) is 0 Å². The lowest BCUT2D eigenvalue weighted by atomic mass is 10.1. The molecular weight excluding hydrogens is 324 g/mol. The first-order valence-corrected chi connectivity index (χ1v) is 7.87. The van der Waals surface area contributed by atoms with Crippen molar-refractivity contribution in [3.05, 3.63) is 58.1 Å². The maximum atomic E-state index is 6.17. The molecule has 0 aliphatic rings. The summed E-state index contributed by atoms with van der Waals surface area (Å²) < 4.78 is 0. The summed E-state index contributed by atoms with van der Waals surface area (Å²) >= 11 is 9.65. The van der Waals surface area contributed by atoms with Gasteiger partial charge >= 0.3 is 0 Å². The minimum Gasteiger partial charge on any atom is -0.241 e. The molecule has 0 spiro atoms. The third-order valence-corrected chi connectivity index (χ3v) is 3.91. The summed E-state index contributed by atoms with van der Waals surface area (Å²) in [5.74, 6) is 0.834. The Bertz CT molecular complexity index is 558. The maximum Gasteiger partial charge on any atom is 0.132 e. The summed E-state index contributed by atoms with van der Waals surface area (Å²) in [6.07, 6.45) is 4.67. The molecule has 2 rings (SSSR count). The minimum atomic E-state index is 0.680. The molecule has 0 radical (unpaired) electrons. The second-order valence-electron chi connectivity index (χ2n) is 4.41. The van der Waals surface area contributed by atoms with Gasteiger partial charge in [-0.05, 0) is 18.1 Å². The van der Waals surface area contributed by atoms with E-state index in [2.05, 4.69) is 32.8 Å². The van der Waals surface area contributed by atoms with Crippen molar-refractivity contribution in [2.75, 3.05) is 0 Å². The number of aromatic nitrogens is 2. The molecule has 0 aliphatic heterocycles. The Hall–Kier alpha value is -0.930. The van der Waals surface area contributed by atoms with E-state index in [9.17, 15) is 0 Å². The second kappa shape index (κ2) is 7.01. The topological polar surface area (TPSA) is 25.8 Å². The lowest BCUT2D eigenvalue weighted by molar-refractivity contribution is 0.826. The van der Waals surface area contributed by atoms with Gasteiger partial charge in [-0.25, -0.2) is 9.97 Å². The third kappa shape index (κ3) is 3.77. The summed E-state index contributed by atoms with van der Waals surface area (Å²) in [6, 6.07) is 7.84. The van der Waals surface area contributed by atoms with Crippen LogP contribution in [0.15, 0.2) is 30.5 Å². The Morgan fingerprint density at radius 1 is 1.21 bits per heavy atom. The zero-order chi connectivity index (χ0) is 13.7. The average Bonchev–Trinajstić information content (AvgIpc) is 2.42. The van der Waals surface area contributed by atoms with Crippen molar-refractivity contribution in [1.29, 1.82) is 0 Å². The van der Waals surface area contributed by atoms with Crippen LogP contribution >= 0.6 is 27.5 Å². The lowest BCUT2D eigenvalue weighted by Gasteiger charge is -2.08. The van der Waals surface area contributed by atoms with Crippen LogP contribution in [-0.2, 0) is 18.2 Å². The normalized spacial score (nSPS) is 10.7. The van der Waals surface area contributed by atoms with Gasteiger partial charge in [0.05, 0.1) is 0 Å². The number of nitrogens with zero attached hydrogens (tertiary/aromatic N) is 2. The molecule has 0 saturated heterocycles. The number of hydrogen-bond acceptors (Lipinski definition) is 2. The zero-order valence-electron chi connectivity index (χ0n) is 10.9. The summed E-state index contributed by atoms with van der Waals surface area (Å²) in [5, 5.41) is 1.57. The molecule has 1 aromatic carbocycles. The predicted molar refractivity (Wildman–Crippen MR) is 82.9 cm³/mol. The standard InChI is InChI=1S/C15H16BrClN2/c1-2-5-14-12(9-16)10-18-15(19-14)8-11-6-3-4-7-13(11)17/h3-4,6-7,10H,2,5,8-9H2,1H3. The molecule has 0 aliphatic carbocycles. The Morgan fingerprint density at radius 2 is 2.00 bits per heavy atom. The van der Waals surface area contributed by atoms with E-state index in [0.717, 1.165) is 40.3 Å². The van der Waals surface area contributed by atoms with E-state index in [1.54, 1.807) is 0 Å². The van der Waals surface area contributed by atoms with E-state index in [1.165, 1.54) is 5.56 Å². The molecule has 2 aromatic rings. The molecule has 2 nitrogen and oxygen atoms in total. The second-order valence-corrected chi connectivity index (χ2v) is 5.38. The Labute approximate surface area is 127 Å². The van der Waals surface area contributed by atoms with Crippen molar-refractivity contribution in [3.63, 3.8) is 0 Å². The van der Waals surface area contributed by atoms with Crippen LogP contribution in [0.25, 0.3) is 0 Å². The predicted octanol–water partition coefficient (Wildman–Crippen LogP) is 4.57. The zero-order valence-corrected chi connectivity index (χ0v) is 13.2. The van der Waals surface area contributed by atoms with Crippen molar-refractivity contribution < 1.29 is 0 Å². The SMILES string of the molecule is CCCc1nc(Cc2ccccc2Cl)ncc1CBr. The number of halogens is 2. The van der Waals surface area contributed by atoms with E-state index >= 15 is 0 Å². The van der Waals surface area contributed by atoms with Crippen molar-refractivity contribution in [2.24, 2.45) is 0 Å². The van der Waals surface area contributed by atoms with Crippen LogP contribution in [0.2, 0.25) is 5.02 Å². The van der Waals surface area contributed by atoms with Gasteiger partial charge in [0.15, 0.2) is 0 Å². The van der Waals surface area contributed by atoms with Gasteiger partial charge < -0.3 is 0 Å². The average molecular weight is 340 g/mol. The van der Waals surface area contributed by atoms with Crippen molar-refractivity contribution in [3.8, 4) is 0 Å². The van der Waals surface area contributed by atoms with Crippen LogP contribution in [0, 0.1) is 0 Å². The monoisotopic (exact) mass is 338 g/mol. The Kier molecular flexibility index (Phi) is 5.34. The summed E-state index contributed by atoms with van der Waals surface area (Å²) in [7, 11) is 0. The largest absolute Gasteiger partial charge is 0.241 e. The maximum absolute atomic E-state index is 6.17. The molecule has 100 valence electrons. The first kappa shape index (κ1) is 14.5. The fourth-order valence-corrected chi connectivity index (χ4v) is 2.62. The van der Waals surface area contributed by atoms with Gasteiger partial charge in [-0.1, -0.05) is 59.1 Å². The number of aryl methyl sites for hydroxylation is 1. The van der Waals surface area contributed by atoms with Crippen LogP contribution in [0.1, 0.15) is 36.0 Å². The molecule has 1 heterocycles.